The van der Waals surface area contributed by atoms with Crippen molar-refractivity contribution in [1.82, 2.24) is 5.32 Å². The largest absolute Gasteiger partial charge is 0.367 e. The number of hydrogen-bond acceptors (Lipinski definition) is 2. The maximum Gasteiger partial charge on any atom is 0.0979 e. The van der Waals surface area contributed by atoms with Gasteiger partial charge in [-0.1, -0.05) is 45.0 Å². The first kappa shape index (κ1) is 14.5. The van der Waals surface area contributed by atoms with Crippen LogP contribution in [0.5, 0.6) is 0 Å². The molecule has 1 aliphatic heterocycles. The summed E-state index contributed by atoms with van der Waals surface area (Å²) in [5.74, 6) is 0.684. The van der Waals surface area contributed by atoms with Gasteiger partial charge in [0.1, 0.15) is 0 Å². The molecule has 0 spiro atoms. The third kappa shape index (κ3) is 3.80. The Morgan fingerprint density at radius 2 is 1.95 bits per heavy atom. The molecule has 0 amide bonds. The normalized spacial score (nSPS) is 27.7. The van der Waals surface area contributed by atoms with E-state index in [-0.39, 0.29) is 6.10 Å². The molecule has 0 aliphatic carbocycles. The standard InChI is InChI=1S/C17H27NO/c1-5-14-6-8-15(9-7-14)17-13(4)18-11-16(19-17)10-12(2)3/h6-9,12-13,16-18H,5,10-11H2,1-4H3. The summed E-state index contributed by atoms with van der Waals surface area (Å²) in [7, 11) is 0. The molecule has 0 saturated carbocycles. The van der Waals surface area contributed by atoms with Crippen LogP contribution < -0.4 is 5.32 Å². The molecule has 0 aromatic heterocycles. The van der Waals surface area contributed by atoms with Gasteiger partial charge >= 0.3 is 0 Å². The second kappa shape index (κ2) is 6.53. The van der Waals surface area contributed by atoms with Crippen LogP contribution in [0.1, 0.15) is 51.3 Å². The van der Waals surface area contributed by atoms with Crippen molar-refractivity contribution in [3.63, 3.8) is 0 Å². The summed E-state index contributed by atoms with van der Waals surface area (Å²) >= 11 is 0. The van der Waals surface area contributed by atoms with Gasteiger partial charge in [0.15, 0.2) is 0 Å². The number of ether oxygens (including phenoxy) is 1. The van der Waals surface area contributed by atoms with E-state index in [0.29, 0.717) is 18.1 Å². The quantitative estimate of drug-likeness (QED) is 0.892. The summed E-state index contributed by atoms with van der Waals surface area (Å²) in [5, 5.41) is 3.59. The second-order valence-corrected chi connectivity index (χ2v) is 6.10. The molecule has 2 heteroatoms. The fourth-order valence-electron chi connectivity index (χ4n) is 2.77. The van der Waals surface area contributed by atoms with E-state index < -0.39 is 0 Å². The van der Waals surface area contributed by atoms with Crippen LogP contribution in [-0.4, -0.2) is 18.7 Å². The minimum absolute atomic E-state index is 0.184. The summed E-state index contributed by atoms with van der Waals surface area (Å²) < 4.78 is 6.31. The Morgan fingerprint density at radius 1 is 1.26 bits per heavy atom. The molecule has 19 heavy (non-hydrogen) atoms. The lowest BCUT2D eigenvalue weighted by atomic mass is 9.97. The van der Waals surface area contributed by atoms with Gasteiger partial charge in [-0.15, -0.1) is 0 Å². The topological polar surface area (TPSA) is 21.3 Å². The zero-order valence-corrected chi connectivity index (χ0v) is 12.6. The molecule has 1 fully saturated rings. The molecule has 1 saturated heterocycles. The van der Waals surface area contributed by atoms with Crippen LogP contribution in [0.15, 0.2) is 24.3 Å². The van der Waals surface area contributed by atoms with Crippen molar-refractivity contribution < 1.29 is 4.74 Å². The van der Waals surface area contributed by atoms with Gasteiger partial charge in [0.2, 0.25) is 0 Å². The molecule has 1 heterocycles. The predicted octanol–water partition coefficient (Wildman–Crippen LogP) is 3.71. The molecule has 0 bridgehead atoms. The van der Waals surface area contributed by atoms with Crippen LogP contribution in [0, 0.1) is 5.92 Å². The predicted molar refractivity (Wildman–Crippen MR) is 80.4 cm³/mol. The third-order valence-corrected chi connectivity index (χ3v) is 3.91. The van der Waals surface area contributed by atoms with Crippen molar-refractivity contribution in [2.45, 2.75) is 58.8 Å². The van der Waals surface area contributed by atoms with E-state index in [1.165, 1.54) is 11.1 Å². The Hall–Kier alpha value is -0.860. The number of rotatable bonds is 4. The smallest absolute Gasteiger partial charge is 0.0979 e. The summed E-state index contributed by atoms with van der Waals surface area (Å²) in [6.07, 6.45) is 2.74. The fraction of sp³-hybridized carbons (Fsp3) is 0.647. The molecule has 1 aliphatic rings. The number of morpholine rings is 1. The Bertz CT molecular complexity index is 385. The lowest BCUT2D eigenvalue weighted by Gasteiger charge is -2.37. The van der Waals surface area contributed by atoms with Crippen LogP contribution >= 0.6 is 0 Å². The number of hydrogen-bond donors (Lipinski definition) is 1. The Kier molecular flexibility index (Phi) is 5.00. The Labute approximate surface area is 117 Å². The van der Waals surface area contributed by atoms with Crippen molar-refractivity contribution in [2.24, 2.45) is 5.92 Å². The lowest BCUT2D eigenvalue weighted by Crippen LogP contribution is -2.47. The summed E-state index contributed by atoms with van der Waals surface area (Å²) in [6.45, 7) is 9.89. The molecule has 1 aromatic rings. The highest BCUT2D eigenvalue weighted by Crippen LogP contribution is 2.28. The second-order valence-electron chi connectivity index (χ2n) is 6.10. The summed E-state index contributed by atoms with van der Waals surface area (Å²) in [5.41, 5.74) is 2.68. The van der Waals surface area contributed by atoms with Crippen molar-refractivity contribution in [1.29, 1.82) is 0 Å². The SMILES string of the molecule is CCc1ccc(C2OC(CC(C)C)CNC2C)cc1. The van der Waals surface area contributed by atoms with E-state index >= 15 is 0 Å². The molecule has 2 nitrogen and oxygen atoms in total. The number of aryl methyl sites for hydroxylation is 1. The van der Waals surface area contributed by atoms with Crippen LogP contribution in [0.3, 0.4) is 0 Å². The maximum absolute atomic E-state index is 6.31. The van der Waals surface area contributed by atoms with E-state index in [1.807, 2.05) is 0 Å². The molecular formula is C17H27NO. The van der Waals surface area contributed by atoms with Crippen LogP contribution in [-0.2, 0) is 11.2 Å². The highest BCUT2D eigenvalue weighted by Gasteiger charge is 2.29. The average Bonchev–Trinajstić information content (AvgIpc) is 2.40. The molecule has 106 valence electrons. The molecule has 2 rings (SSSR count). The van der Waals surface area contributed by atoms with E-state index in [0.717, 1.165) is 19.4 Å². The van der Waals surface area contributed by atoms with Gasteiger partial charge in [0.25, 0.3) is 0 Å². The van der Waals surface area contributed by atoms with E-state index in [1.54, 1.807) is 0 Å². The average molecular weight is 261 g/mol. The van der Waals surface area contributed by atoms with Gasteiger partial charge < -0.3 is 10.1 Å². The van der Waals surface area contributed by atoms with Crippen molar-refractivity contribution >= 4 is 0 Å². The zero-order valence-electron chi connectivity index (χ0n) is 12.6. The van der Waals surface area contributed by atoms with Gasteiger partial charge in [-0.25, -0.2) is 0 Å². The summed E-state index contributed by atoms with van der Waals surface area (Å²) in [4.78, 5) is 0. The maximum atomic E-state index is 6.31. The molecule has 3 atom stereocenters. The van der Waals surface area contributed by atoms with Gasteiger partial charge in [-0.3, -0.25) is 0 Å². The Morgan fingerprint density at radius 3 is 2.53 bits per heavy atom. The highest BCUT2D eigenvalue weighted by molar-refractivity contribution is 5.25. The van der Waals surface area contributed by atoms with Gasteiger partial charge in [-0.2, -0.15) is 0 Å². The van der Waals surface area contributed by atoms with E-state index in [4.69, 9.17) is 4.74 Å². The fourth-order valence-corrected chi connectivity index (χ4v) is 2.77. The minimum atomic E-state index is 0.184. The summed E-state index contributed by atoms with van der Waals surface area (Å²) in [6, 6.07) is 9.27. The van der Waals surface area contributed by atoms with Crippen LogP contribution in [0.25, 0.3) is 0 Å². The molecule has 1 N–H and O–H groups in total. The minimum Gasteiger partial charge on any atom is -0.367 e. The first-order chi connectivity index (χ1) is 9.10. The molecule has 3 unspecified atom stereocenters. The number of nitrogens with one attached hydrogen (secondary N) is 1. The molecule has 0 radical (unpaired) electrons. The van der Waals surface area contributed by atoms with Gasteiger partial charge in [0, 0.05) is 12.6 Å². The Balaban J connectivity index is 2.07. The van der Waals surface area contributed by atoms with Crippen molar-refractivity contribution in [3.8, 4) is 0 Å². The van der Waals surface area contributed by atoms with E-state index in [9.17, 15) is 0 Å². The highest BCUT2D eigenvalue weighted by atomic mass is 16.5. The van der Waals surface area contributed by atoms with Crippen LogP contribution in [0.2, 0.25) is 0 Å². The van der Waals surface area contributed by atoms with Crippen LogP contribution in [0.4, 0.5) is 0 Å². The molecular weight excluding hydrogens is 234 g/mol. The third-order valence-electron chi connectivity index (χ3n) is 3.91. The van der Waals surface area contributed by atoms with Gasteiger partial charge in [0.05, 0.1) is 12.2 Å². The zero-order chi connectivity index (χ0) is 13.8. The monoisotopic (exact) mass is 261 g/mol. The number of benzene rings is 1. The van der Waals surface area contributed by atoms with Crippen molar-refractivity contribution in [2.75, 3.05) is 6.54 Å². The molecule has 1 aromatic carbocycles. The first-order valence-electron chi connectivity index (χ1n) is 7.57. The van der Waals surface area contributed by atoms with E-state index in [2.05, 4.69) is 57.3 Å². The van der Waals surface area contributed by atoms with Gasteiger partial charge in [-0.05, 0) is 36.8 Å². The van der Waals surface area contributed by atoms with Crippen molar-refractivity contribution in [3.05, 3.63) is 35.4 Å². The first-order valence-corrected chi connectivity index (χ1v) is 7.57. The lowest BCUT2D eigenvalue weighted by molar-refractivity contribution is -0.0687.